The van der Waals surface area contributed by atoms with Gasteiger partial charge >= 0.3 is 6.03 Å². The van der Waals surface area contributed by atoms with E-state index in [1.807, 2.05) is 53.2 Å². The number of aryl methyl sites for hydroxylation is 1. The fraction of sp³-hybridized carbons (Fsp3) is 0.273. The van der Waals surface area contributed by atoms with Gasteiger partial charge in [0.05, 0.1) is 20.5 Å². The van der Waals surface area contributed by atoms with E-state index in [-0.39, 0.29) is 6.03 Å². The van der Waals surface area contributed by atoms with E-state index < -0.39 is 0 Å². The number of anilines is 1. The highest BCUT2D eigenvalue weighted by Crippen LogP contribution is 2.28. The molecular formula is C22H25BrN4O3. The summed E-state index contributed by atoms with van der Waals surface area (Å²) < 4.78 is 13.6. The van der Waals surface area contributed by atoms with Crippen LogP contribution in [0.1, 0.15) is 12.0 Å². The van der Waals surface area contributed by atoms with Crippen molar-refractivity contribution >= 4 is 27.6 Å². The first-order valence-corrected chi connectivity index (χ1v) is 10.4. The Morgan fingerprint density at radius 2 is 2.00 bits per heavy atom. The van der Waals surface area contributed by atoms with Gasteiger partial charge in [-0.2, -0.15) is 0 Å². The van der Waals surface area contributed by atoms with Crippen LogP contribution in [0.25, 0.3) is 0 Å². The molecule has 0 bridgehead atoms. The van der Waals surface area contributed by atoms with Gasteiger partial charge in [0.25, 0.3) is 0 Å². The highest BCUT2D eigenvalue weighted by molar-refractivity contribution is 9.10. The number of urea groups is 1. The van der Waals surface area contributed by atoms with E-state index in [0.717, 1.165) is 28.7 Å². The number of ether oxygens (including phenoxy) is 2. The molecule has 1 heterocycles. The Balaban J connectivity index is 1.73. The normalized spacial score (nSPS) is 10.5. The van der Waals surface area contributed by atoms with Crippen molar-refractivity contribution in [2.45, 2.75) is 19.5 Å². The summed E-state index contributed by atoms with van der Waals surface area (Å²) in [4.78, 5) is 18.9. The van der Waals surface area contributed by atoms with E-state index in [4.69, 9.17) is 9.47 Å². The van der Waals surface area contributed by atoms with Crippen LogP contribution in [0, 0.1) is 0 Å². The van der Waals surface area contributed by atoms with Crippen molar-refractivity contribution in [1.29, 1.82) is 0 Å². The lowest BCUT2D eigenvalue weighted by atomic mass is 10.2. The number of nitrogens with zero attached hydrogens (tertiary/aromatic N) is 3. The van der Waals surface area contributed by atoms with Crippen molar-refractivity contribution in [3.63, 3.8) is 0 Å². The van der Waals surface area contributed by atoms with E-state index in [2.05, 4.69) is 26.2 Å². The van der Waals surface area contributed by atoms with Crippen LogP contribution in [0.15, 0.2) is 65.7 Å². The van der Waals surface area contributed by atoms with Crippen molar-refractivity contribution in [2.24, 2.45) is 0 Å². The molecule has 0 aliphatic rings. The number of halogens is 1. The predicted octanol–water partition coefficient (Wildman–Crippen LogP) is 4.79. The van der Waals surface area contributed by atoms with Crippen LogP contribution in [-0.4, -0.2) is 41.2 Å². The third kappa shape index (κ3) is 6.00. The monoisotopic (exact) mass is 472 g/mol. The summed E-state index contributed by atoms with van der Waals surface area (Å²) in [6.07, 6.45) is 6.25. The third-order valence-corrected chi connectivity index (χ3v) is 5.08. The third-order valence-electron chi connectivity index (χ3n) is 4.59. The number of benzene rings is 2. The van der Waals surface area contributed by atoms with Gasteiger partial charge in [-0.1, -0.05) is 28.1 Å². The largest absolute Gasteiger partial charge is 0.493 e. The Hall–Kier alpha value is -3.00. The van der Waals surface area contributed by atoms with Gasteiger partial charge in [0.15, 0.2) is 11.5 Å². The summed E-state index contributed by atoms with van der Waals surface area (Å²) in [6, 6.07) is 13.1. The number of nitrogens with one attached hydrogen (secondary N) is 1. The fourth-order valence-corrected chi connectivity index (χ4v) is 3.48. The molecule has 0 aliphatic carbocycles. The lowest BCUT2D eigenvalue weighted by Crippen LogP contribution is -2.35. The molecule has 0 saturated heterocycles. The Morgan fingerprint density at radius 3 is 2.70 bits per heavy atom. The van der Waals surface area contributed by atoms with Gasteiger partial charge in [0, 0.05) is 42.2 Å². The van der Waals surface area contributed by atoms with E-state index >= 15 is 0 Å². The summed E-state index contributed by atoms with van der Waals surface area (Å²) in [7, 11) is 3.20. The molecule has 1 N–H and O–H groups in total. The van der Waals surface area contributed by atoms with Gasteiger partial charge < -0.3 is 24.3 Å². The molecule has 8 heteroatoms. The Labute approximate surface area is 184 Å². The lowest BCUT2D eigenvalue weighted by Gasteiger charge is -2.24. The molecule has 3 rings (SSSR count). The van der Waals surface area contributed by atoms with Crippen molar-refractivity contribution in [3.05, 3.63) is 71.2 Å². The zero-order valence-electron chi connectivity index (χ0n) is 17.0. The van der Waals surface area contributed by atoms with Crippen molar-refractivity contribution in [3.8, 4) is 11.5 Å². The topological polar surface area (TPSA) is 68.6 Å². The molecule has 0 saturated carbocycles. The molecule has 2 amide bonds. The second kappa shape index (κ2) is 10.7. The highest BCUT2D eigenvalue weighted by atomic mass is 79.9. The molecule has 7 nitrogen and oxygen atoms in total. The van der Waals surface area contributed by atoms with Crippen molar-refractivity contribution in [1.82, 2.24) is 14.5 Å². The molecule has 158 valence electrons. The first-order valence-electron chi connectivity index (χ1n) is 9.57. The minimum absolute atomic E-state index is 0.159. The lowest BCUT2D eigenvalue weighted by molar-refractivity contribution is 0.207. The molecule has 0 aliphatic heterocycles. The van der Waals surface area contributed by atoms with Crippen LogP contribution in [0.4, 0.5) is 10.5 Å². The minimum Gasteiger partial charge on any atom is -0.493 e. The first-order chi connectivity index (χ1) is 14.6. The molecule has 0 fully saturated rings. The number of hydrogen-bond acceptors (Lipinski definition) is 4. The van der Waals surface area contributed by atoms with Crippen molar-refractivity contribution in [2.75, 3.05) is 26.1 Å². The van der Waals surface area contributed by atoms with Gasteiger partial charge in [-0.3, -0.25) is 0 Å². The molecule has 30 heavy (non-hydrogen) atoms. The molecular weight excluding hydrogens is 448 g/mol. The van der Waals surface area contributed by atoms with E-state index in [0.29, 0.717) is 24.6 Å². The molecule has 2 aromatic carbocycles. The molecule has 3 aromatic rings. The van der Waals surface area contributed by atoms with Gasteiger partial charge in [0.1, 0.15) is 0 Å². The highest BCUT2D eigenvalue weighted by Gasteiger charge is 2.16. The molecule has 1 aromatic heterocycles. The fourth-order valence-electron chi connectivity index (χ4n) is 3.08. The number of rotatable bonds is 9. The van der Waals surface area contributed by atoms with Crippen LogP contribution in [0.2, 0.25) is 0 Å². The quantitative estimate of drug-likeness (QED) is 0.486. The SMILES string of the molecule is COc1ccc(CN(CCCn2ccnc2)C(=O)Nc2cccc(Br)c2)cc1OC. The molecule has 0 unspecified atom stereocenters. The van der Waals surface area contributed by atoms with Gasteiger partial charge in [-0.25, -0.2) is 9.78 Å². The smallest absolute Gasteiger partial charge is 0.322 e. The first kappa shape index (κ1) is 21.7. The second-order valence-corrected chi connectivity index (χ2v) is 7.62. The number of hydrogen-bond donors (Lipinski definition) is 1. The van der Waals surface area contributed by atoms with Gasteiger partial charge in [-0.05, 0) is 42.3 Å². The van der Waals surface area contributed by atoms with Crippen LogP contribution in [0.3, 0.4) is 0 Å². The Kier molecular flexibility index (Phi) is 7.73. The maximum absolute atomic E-state index is 13.0. The summed E-state index contributed by atoms with van der Waals surface area (Å²) in [6.45, 7) is 1.82. The van der Waals surface area contributed by atoms with Crippen LogP contribution in [-0.2, 0) is 13.1 Å². The summed E-state index contributed by atoms with van der Waals surface area (Å²) >= 11 is 3.44. The maximum Gasteiger partial charge on any atom is 0.322 e. The zero-order valence-corrected chi connectivity index (χ0v) is 18.6. The molecule has 0 radical (unpaired) electrons. The summed E-state index contributed by atoms with van der Waals surface area (Å²) in [5.74, 6) is 1.30. The van der Waals surface area contributed by atoms with Gasteiger partial charge in [0.2, 0.25) is 0 Å². The predicted molar refractivity (Wildman–Crippen MR) is 120 cm³/mol. The van der Waals surface area contributed by atoms with E-state index in [1.165, 1.54) is 0 Å². The summed E-state index contributed by atoms with van der Waals surface area (Å²) in [5, 5.41) is 2.98. The number of carbonyl (C=O) groups is 1. The minimum atomic E-state index is -0.159. The second-order valence-electron chi connectivity index (χ2n) is 6.71. The number of amides is 2. The molecule has 0 spiro atoms. The Bertz CT molecular complexity index is 963. The average molecular weight is 473 g/mol. The van der Waals surface area contributed by atoms with Gasteiger partial charge in [-0.15, -0.1) is 0 Å². The molecule has 0 atom stereocenters. The van der Waals surface area contributed by atoms with E-state index in [1.54, 1.807) is 31.6 Å². The number of imidazole rings is 1. The number of aromatic nitrogens is 2. The zero-order chi connectivity index (χ0) is 21.3. The standard InChI is InChI=1S/C22H25BrN4O3/c1-29-20-8-7-17(13-21(20)30-2)15-27(11-4-10-26-12-9-24-16-26)22(28)25-19-6-3-5-18(23)14-19/h3,5-9,12-14,16H,4,10-11,15H2,1-2H3,(H,25,28). The summed E-state index contributed by atoms with van der Waals surface area (Å²) in [5.41, 5.74) is 1.70. The van der Waals surface area contributed by atoms with Crippen LogP contribution >= 0.6 is 15.9 Å². The number of carbonyl (C=O) groups excluding carboxylic acids is 1. The van der Waals surface area contributed by atoms with Crippen molar-refractivity contribution < 1.29 is 14.3 Å². The Morgan fingerprint density at radius 1 is 1.17 bits per heavy atom. The van der Waals surface area contributed by atoms with Crippen LogP contribution < -0.4 is 14.8 Å². The number of methoxy groups -OCH3 is 2. The maximum atomic E-state index is 13.0. The van der Waals surface area contributed by atoms with E-state index in [9.17, 15) is 4.79 Å². The average Bonchev–Trinajstić information content (AvgIpc) is 3.26. The van der Waals surface area contributed by atoms with Crippen LogP contribution in [0.5, 0.6) is 11.5 Å².